The molecule has 1 aliphatic rings. The Kier molecular flexibility index (Phi) is 4.97. The minimum Gasteiger partial charge on any atom is -0.465 e. The highest BCUT2D eigenvalue weighted by molar-refractivity contribution is 6.03. The van der Waals surface area contributed by atoms with Gasteiger partial charge in [-0.1, -0.05) is 18.2 Å². The fraction of sp³-hybridized carbons (Fsp3) is 0.211. The summed E-state index contributed by atoms with van der Waals surface area (Å²) in [5.74, 6) is -2.72. The molecule has 2 amide bonds. The molecule has 1 saturated carbocycles. The number of rotatable bonds is 5. The highest BCUT2D eigenvalue weighted by Crippen LogP contribution is 2.40. The molecule has 0 spiro atoms. The number of halogens is 1. The van der Waals surface area contributed by atoms with Crippen molar-refractivity contribution >= 4 is 29.2 Å². The van der Waals surface area contributed by atoms with Gasteiger partial charge in [0.2, 0.25) is 11.8 Å². The predicted octanol–water partition coefficient (Wildman–Crippen LogP) is 2.83. The van der Waals surface area contributed by atoms with Crippen LogP contribution in [0.25, 0.3) is 0 Å². The van der Waals surface area contributed by atoms with E-state index in [9.17, 15) is 18.8 Å². The summed E-state index contributed by atoms with van der Waals surface area (Å²) in [5, 5.41) is 5.18. The first-order chi connectivity index (χ1) is 12.5. The van der Waals surface area contributed by atoms with E-state index in [1.54, 1.807) is 24.3 Å². The van der Waals surface area contributed by atoms with Crippen LogP contribution in [0.3, 0.4) is 0 Å². The Bertz CT molecular complexity index is 868. The molecule has 0 aromatic heterocycles. The summed E-state index contributed by atoms with van der Waals surface area (Å²) < 4.78 is 18.2. The van der Waals surface area contributed by atoms with Crippen LogP contribution in [0.1, 0.15) is 16.8 Å². The predicted molar refractivity (Wildman–Crippen MR) is 93.0 cm³/mol. The third-order valence-corrected chi connectivity index (χ3v) is 4.15. The Labute approximate surface area is 149 Å². The lowest BCUT2D eigenvalue weighted by Crippen LogP contribution is -2.21. The van der Waals surface area contributed by atoms with Crippen LogP contribution in [0.15, 0.2) is 48.5 Å². The fourth-order valence-corrected chi connectivity index (χ4v) is 2.64. The zero-order valence-corrected chi connectivity index (χ0v) is 14.0. The number of ether oxygens (including phenoxy) is 1. The van der Waals surface area contributed by atoms with Crippen LogP contribution in [0.2, 0.25) is 0 Å². The van der Waals surface area contributed by atoms with Crippen molar-refractivity contribution in [3.63, 3.8) is 0 Å². The van der Waals surface area contributed by atoms with Gasteiger partial charge >= 0.3 is 5.97 Å². The maximum atomic E-state index is 13.6. The Morgan fingerprint density at radius 1 is 1.00 bits per heavy atom. The van der Waals surface area contributed by atoms with Crippen molar-refractivity contribution in [3.8, 4) is 0 Å². The molecule has 26 heavy (non-hydrogen) atoms. The molecular weight excluding hydrogens is 339 g/mol. The molecule has 2 aromatic carbocycles. The number of benzene rings is 2. The smallest absolute Gasteiger partial charge is 0.337 e. The van der Waals surface area contributed by atoms with E-state index >= 15 is 0 Å². The normalized spacial score (nSPS) is 17.9. The Morgan fingerprint density at radius 3 is 2.38 bits per heavy atom. The number of methoxy groups -OCH3 is 1. The second-order valence-corrected chi connectivity index (χ2v) is 5.98. The van der Waals surface area contributed by atoms with Crippen molar-refractivity contribution in [3.05, 3.63) is 59.9 Å². The zero-order chi connectivity index (χ0) is 18.7. The van der Waals surface area contributed by atoms with Gasteiger partial charge < -0.3 is 15.4 Å². The molecule has 1 fully saturated rings. The molecule has 3 rings (SSSR count). The molecule has 0 saturated heterocycles. The van der Waals surface area contributed by atoms with Gasteiger partial charge in [-0.2, -0.15) is 0 Å². The molecule has 2 unspecified atom stereocenters. The minimum atomic E-state index is -0.526. The first-order valence-corrected chi connectivity index (χ1v) is 8.04. The SMILES string of the molecule is COC(=O)c1cccc(NC(=O)C2CC2C(=O)Nc2ccccc2F)c1. The molecule has 0 bridgehead atoms. The van der Waals surface area contributed by atoms with E-state index < -0.39 is 29.5 Å². The lowest BCUT2D eigenvalue weighted by atomic mass is 10.2. The third kappa shape index (κ3) is 3.88. The maximum absolute atomic E-state index is 13.6. The summed E-state index contributed by atoms with van der Waals surface area (Å²) in [4.78, 5) is 36.0. The number of amides is 2. The third-order valence-electron chi connectivity index (χ3n) is 4.15. The summed E-state index contributed by atoms with van der Waals surface area (Å²) >= 11 is 0. The molecule has 0 radical (unpaired) electrons. The number of esters is 1. The van der Waals surface area contributed by atoms with Gasteiger partial charge in [-0.3, -0.25) is 9.59 Å². The summed E-state index contributed by atoms with van der Waals surface area (Å²) in [6.07, 6.45) is 0.392. The van der Waals surface area contributed by atoms with Crippen molar-refractivity contribution in [1.82, 2.24) is 0 Å². The standard InChI is InChI=1S/C19H17FN2O4/c1-26-19(25)11-5-4-6-12(9-11)21-17(23)13-10-14(13)18(24)22-16-8-3-2-7-15(16)20/h2-9,13-14H,10H2,1H3,(H,21,23)(H,22,24). The largest absolute Gasteiger partial charge is 0.465 e. The average Bonchev–Trinajstić information content (AvgIpc) is 3.44. The van der Waals surface area contributed by atoms with Crippen molar-refractivity contribution in [2.75, 3.05) is 17.7 Å². The van der Waals surface area contributed by atoms with Crippen LogP contribution >= 0.6 is 0 Å². The first kappa shape index (κ1) is 17.6. The molecule has 2 atom stereocenters. The van der Waals surface area contributed by atoms with E-state index in [0.717, 1.165) is 0 Å². The van der Waals surface area contributed by atoms with E-state index in [1.165, 1.54) is 31.4 Å². The van der Waals surface area contributed by atoms with Crippen molar-refractivity contribution < 1.29 is 23.5 Å². The maximum Gasteiger partial charge on any atom is 0.337 e. The average molecular weight is 356 g/mol. The van der Waals surface area contributed by atoms with Crippen LogP contribution in [0.5, 0.6) is 0 Å². The number of nitrogens with one attached hydrogen (secondary N) is 2. The molecule has 2 N–H and O–H groups in total. The summed E-state index contributed by atoms with van der Waals surface area (Å²) in [5.41, 5.74) is 0.849. The van der Waals surface area contributed by atoms with Crippen LogP contribution < -0.4 is 10.6 Å². The van der Waals surface area contributed by atoms with E-state index in [4.69, 9.17) is 0 Å². The summed E-state index contributed by atoms with van der Waals surface area (Å²) in [6, 6.07) is 12.2. The van der Waals surface area contributed by atoms with Crippen molar-refractivity contribution in [1.29, 1.82) is 0 Å². The quantitative estimate of drug-likeness (QED) is 0.807. The molecule has 2 aromatic rings. The molecule has 134 valence electrons. The fourth-order valence-electron chi connectivity index (χ4n) is 2.64. The minimum absolute atomic E-state index is 0.0920. The molecule has 6 nitrogen and oxygen atoms in total. The lowest BCUT2D eigenvalue weighted by Gasteiger charge is -2.07. The van der Waals surface area contributed by atoms with Crippen molar-refractivity contribution in [2.24, 2.45) is 11.8 Å². The van der Waals surface area contributed by atoms with Gasteiger partial charge in [0.15, 0.2) is 0 Å². The highest BCUT2D eigenvalue weighted by atomic mass is 19.1. The molecule has 7 heteroatoms. The van der Waals surface area contributed by atoms with Gasteiger partial charge in [0.1, 0.15) is 5.82 Å². The number of para-hydroxylation sites is 1. The second kappa shape index (κ2) is 7.35. The topological polar surface area (TPSA) is 84.5 Å². The van der Waals surface area contributed by atoms with Crippen LogP contribution in [0.4, 0.5) is 15.8 Å². The molecular formula is C19H17FN2O4. The van der Waals surface area contributed by atoms with Crippen LogP contribution in [-0.2, 0) is 14.3 Å². The number of hydrogen-bond donors (Lipinski definition) is 2. The van der Waals surface area contributed by atoms with E-state index in [0.29, 0.717) is 17.7 Å². The summed E-state index contributed by atoms with van der Waals surface area (Å²) in [6.45, 7) is 0. The monoisotopic (exact) mass is 356 g/mol. The van der Waals surface area contributed by atoms with Gasteiger partial charge in [0.05, 0.1) is 30.2 Å². The summed E-state index contributed by atoms with van der Waals surface area (Å²) in [7, 11) is 1.27. The van der Waals surface area contributed by atoms with E-state index in [2.05, 4.69) is 15.4 Å². The van der Waals surface area contributed by atoms with Gasteiger partial charge in [-0.05, 0) is 36.8 Å². The number of carbonyl (C=O) groups is 3. The van der Waals surface area contributed by atoms with E-state index in [-0.39, 0.29) is 11.6 Å². The number of hydrogen-bond acceptors (Lipinski definition) is 4. The van der Waals surface area contributed by atoms with Gasteiger partial charge in [-0.25, -0.2) is 9.18 Å². The molecule has 0 aliphatic heterocycles. The Hall–Kier alpha value is -3.22. The van der Waals surface area contributed by atoms with Crippen LogP contribution in [-0.4, -0.2) is 24.9 Å². The highest BCUT2D eigenvalue weighted by Gasteiger charge is 2.48. The van der Waals surface area contributed by atoms with Crippen LogP contribution in [0, 0.1) is 17.7 Å². The first-order valence-electron chi connectivity index (χ1n) is 8.04. The Morgan fingerprint density at radius 2 is 1.69 bits per heavy atom. The van der Waals surface area contributed by atoms with E-state index in [1.807, 2.05) is 0 Å². The van der Waals surface area contributed by atoms with Gasteiger partial charge in [0.25, 0.3) is 0 Å². The van der Waals surface area contributed by atoms with Gasteiger partial charge in [0, 0.05) is 5.69 Å². The number of anilines is 2. The molecule has 1 aliphatic carbocycles. The molecule has 0 heterocycles. The van der Waals surface area contributed by atoms with Gasteiger partial charge in [-0.15, -0.1) is 0 Å². The lowest BCUT2D eigenvalue weighted by molar-refractivity contribution is -0.122. The second-order valence-electron chi connectivity index (χ2n) is 5.98. The number of carbonyl (C=O) groups excluding carboxylic acids is 3. The Balaban J connectivity index is 1.58. The van der Waals surface area contributed by atoms with Crippen molar-refractivity contribution in [2.45, 2.75) is 6.42 Å². The zero-order valence-electron chi connectivity index (χ0n) is 14.0.